The van der Waals surface area contributed by atoms with Crippen LogP contribution in [-0.4, -0.2) is 25.0 Å². The lowest BCUT2D eigenvalue weighted by atomic mass is 10.2. The van der Waals surface area contributed by atoms with Crippen molar-refractivity contribution in [3.05, 3.63) is 29.8 Å². The highest BCUT2D eigenvalue weighted by atomic mass is 32.1. The van der Waals surface area contributed by atoms with Gasteiger partial charge in [-0.2, -0.15) is 5.10 Å². The van der Waals surface area contributed by atoms with Gasteiger partial charge in [-0.1, -0.05) is 6.92 Å². The number of benzene rings is 1. The first kappa shape index (κ1) is 13.4. The molecule has 0 aliphatic carbocycles. The predicted molar refractivity (Wildman–Crippen MR) is 74.6 cm³/mol. The maximum absolute atomic E-state index is 5.48. The van der Waals surface area contributed by atoms with Crippen LogP contribution in [0.5, 0.6) is 5.75 Å². The zero-order chi connectivity index (χ0) is 12.5. The second kappa shape index (κ2) is 7.62. The third-order valence-electron chi connectivity index (χ3n) is 1.96. The van der Waals surface area contributed by atoms with Gasteiger partial charge in [0.15, 0.2) is 5.11 Å². The number of thiocarbonyl (C=S) groups is 1. The van der Waals surface area contributed by atoms with Crippen molar-refractivity contribution < 1.29 is 4.74 Å². The third-order valence-corrected chi connectivity index (χ3v) is 2.26. The molecule has 1 aromatic rings. The van der Waals surface area contributed by atoms with Crippen LogP contribution in [0.15, 0.2) is 29.4 Å². The minimum atomic E-state index is 0.490. The van der Waals surface area contributed by atoms with Gasteiger partial charge in [0, 0.05) is 7.05 Å². The molecule has 0 radical (unpaired) electrons. The first-order valence-electron chi connectivity index (χ1n) is 5.50. The third kappa shape index (κ3) is 5.31. The monoisotopic (exact) mass is 251 g/mol. The Balaban J connectivity index is 2.47. The van der Waals surface area contributed by atoms with E-state index in [1.807, 2.05) is 24.3 Å². The van der Waals surface area contributed by atoms with Crippen LogP contribution >= 0.6 is 12.2 Å². The average molecular weight is 251 g/mol. The Bertz CT molecular complexity index is 376. The van der Waals surface area contributed by atoms with Crippen molar-refractivity contribution in [3.63, 3.8) is 0 Å². The fourth-order valence-electron chi connectivity index (χ4n) is 1.09. The average Bonchev–Trinajstić information content (AvgIpc) is 2.37. The lowest BCUT2D eigenvalue weighted by Crippen LogP contribution is -2.28. The van der Waals surface area contributed by atoms with Crippen molar-refractivity contribution >= 4 is 23.5 Å². The lowest BCUT2D eigenvalue weighted by Gasteiger charge is -2.04. The van der Waals surface area contributed by atoms with Crippen LogP contribution in [-0.2, 0) is 0 Å². The van der Waals surface area contributed by atoms with E-state index in [0.29, 0.717) is 5.11 Å². The Hall–Kier alpha value is -1.62. The highest BCUT2D eigenvalue weighted by Crippen LogP contribution is 2.11. The molecule has 0 amide bonds. The molecule has 5 heteroatoms. The summed E-state index contributed by atoms with van der Waals surface area (Å²) < 4.78 is 5.48. The van der Waals surface area contributed by atoms with E-state index >= 15 is 0 Å². The molecule has 17 heavy (non-hydrogen) atoms. The van der Waals surface area contributed by atoms with Gasteiger partial charge in [-0.15, -0.1) is 0 Å². The highest BCUT2D eigenvalue weighted by molar-refractivity contribution is 7.80. The SMILES string of the molecule is CCCOc1ccc(/C=N\NC(=S)NC)cc1. The van der Waals surface area contributed by atoms with E-state index in [4.69, 9.17) is 17.0 Å². The first-order chi connectivity index (χ1) is 8.26. The minimum Gasteiger partial charge on any atom is -0.494 e. The summed E-state index contributed by atoms with van der Waals surface area (Å²) in [5.74, 6) is 0.878. The van der Waals surface area contributed by atoms with E-state index in [0.717, 1.165) is 24.3 Å². The van der Waals surface area contributed by atoms with Crippen LogP contribution in [0, 0.1) is 0 Å². The fraction of sp³-hybridized carbons (Fsp3) is 0.333. The molecule has 0 aromatic heterocycles. The van der Waals surface area contributed by atoms with Crippen LogP contribution in [0.4, 0.5) is 0 Å². The van der Waals surface area contributed by atoms with Crippen LogP contribution in [0.2, 0.25) is 0 Å². The minimum absolute atomic E-state index is 0.490. The van der Waals surface area contributed by atoms with E-state index < -0.39 is 0 Å². The molecular formula is C12H17N3OS. The molecule has 2 N–H and O–H groups in total. The van der Waals surface area contributed by atoms with Gasteiger partial charge in [-0.05, 0) is 48.5 Å². The van der Waals surface area contributed by atoms with Gasteiger partial charge in [-0.25, -0.2) is 0 Å². The molecule has 1 rings (SSSR count). The zero-order valence-corrected chi connectivity index (χ0v) is 10.9. The lowest BCUT2D eigenvalue weighted by molar-refractivity contribution is 0.317. The van der Waals surface area contributed by atoms with Crippen LogP contribution in [0.3, 0.4) is 0 Å². The maximum atomic E-state index is 5.48. The van der Waals surface area contributed by atoms with Gasteiger partial charge in [0.05, 0.1) is 12.8 Å². The number of hydrazone groups is 1. The second-order valence-corrected chi connectivity index (χ2v) is 3.77. The molecule has 0 saturated heterocycles. The van der Waals surface area contributed by atoms with E-state index in [1.54, 1.807) is 13.3 Å². The van der Waals surface area contributed by atoms with Crippen molar-refractivity contribution in [1.82, 2.24) is 10.7 Å². The molecule has 0 atom stereocenters. The van der Waals surface area contributed by atoms with Crippen LogP contribution < -0.4 is 15.5 Å². The van der Waals surface area contributed by atoms with Crippen molar-refractivity contribution in [1.29, 1.82) is 0 Å². The standard InChI is InChI=1S/C12H17N3OS/c1-3-8-16-11-6-4-10(5-7-11)9-14-15-12(17)13-2/h4-7,9H,3,8H2,1-2H3,(H2,13,15,17)/b14-9-. The molecule has 0 heterocycles. The smallest absolute Gasteiger partial charge is 0.186 e. The number of nitrogens with one attached hydrogen (secondary N) is 2. The summed E-state index contributed by atoms with van der Waals surface area (Å²) >= 11 is 4.88. The first-order valence-corrected chi connectivity index (χ1v) is 5.90. The number of hydrogen-bond acceptors (Lipinski definition) is 3. The van der Waals surface area contributed by atoms with Gasteiger partial charge >= 0.3 is 0 Å². The summed E-state index contributed by atoms with van der Waals surface area (Å²) in [5.41, 5.74) is 3.67. The van der Waals surface area contributed by atoms with Crippen molar-refractivity contribution in [3.8, 4) is 5.75 Å². The molecule has 0 aliphatic rings. The van der Waals surface area contributed by atoms with Gasteiger partial charge in [0.2, 0.25) is 0 Å². The van der Waals surface area contributed by atoms with E-state index in [1.165, 1.54) is 0 Å². The molecule has 92 valence electrons. The second-order valence-electron chi connectivity index (χ2n) is 3.37. The van der Waals surface area contributed by atoms with Crippen molar-refractivity contribution in [2.24, 2.45) is 5.10 Å². The normalized spacial score (nSPS) is 10.2. The summed E-state index contributed by atoms with van der Waals surface area (Å²) in [6, 6.07) is 7.73. The molecule has 0 spiro atoms. The molecule has 1 aromatic carbocycles. The summed E-state index contributed by atoms with van der Waals surface area (Å²) in [4.78, 5) is 0. The molecule has 0 fully saturated rings. The molecule has 0 bridgehead atoms. The molecular weight excluding hydrogens is 234 g/mol. The zero-order valence-electron chi connectivity index (χ0n) is 10.1. The number of rotatable bonds is 5. The summed E-state index contributed by atoms with van der Waals surface area (Å²) in [7, 11) is 1.74. The highest BCUT2D eigenvalue weighted by Gasteiger charge is 1.93. The Morgan fingerprint density at radius 2 is 2.12 bits per heavy atom. The molecule has 0 saturated carbocycles. The fourth-order valence-corrected chi connectivity index (χ4v) is 1.14. The summed E-state index contributed by atoms with van der Waals surface area (Å²) in [6.45, 7) is 2.82. The predicted octanol–water partition coefficient (Wildman–Crippen LogP) is 1.90. The van der Waals surface area contributed by atoms with E-state index in [2.05, 4.69) is 22.8 Å². The van der Waals surface area contributed by atoms with E-state index in [9.17, 15) is 0 Å². The Kier molecular flexibility index (Phi) is 6.03. The number of nitrogens with zero attached hydrogens (tertiary/aromatic N) is 1. The van der Waals surface area contributed by atoms with Gasteiger partial charge < -0.3 is 10.1 Å². The largest absolute Gasteiger partial charge is 0.494 e. The van der Waals surface area contributed by atoms with Gasteiger partial charge in [0.1, 0.15) is 5.75 Å². The molecule has 0 aliphatic heterocycles. The Labute approximate surface area is 107 Å². The quantitative estimate of drug-likeness (QED) is 0.477. The summed E-state index contributed by atoms with van der Waals surface area (Å²) in [5, 5.41) is 7.24. The van der Waals surface area contributed by atoms with Gasteiger partial charge in [-0.3, -0.25) is 5.43 Å². The molecule has 4 nitrogen and oxygen atoms in total. The Morgan fingerprint density at radius 3 is 2.71 bits per heavy atom. The van der Waals surface area contributed by atoms with Crippen LogP contribution in [0.25, 0.3) is 0 Å². The van der Waals surface area contributed by atoms with Gasteiger partial charge in [0.25, 0.3) is 0 Å². The maximum Gasteiger partial charge on any atom is 0.186 e. The number of hydrogen-bond donors (Lipinski definition) is 2. The topological polar surface area (TPSA) is 45.6 Å². The van der Waals surface area contributed by atoms with Crippen LogP contribution in [0.1, 0.15) is 18.9 Å². The Morgan fingerprint density at radius 1 is 1.41 bits per heavy atom. The van der Waals surface area contributed by atoms with Crippen molar-refractivity contribution in [2.45, 2.75) is 13.3 Å². The van der Waals surface area contributed by atoms with E-state index in [-0.39, 0.29) is 0 Å². The summed E-state index contributed by atoms with van der Waals surface area (Å²) in [6.07, 6.45) is 2.71. The van der Waals surface area contributed by atoms with Crippen molar-refractivity contribution in [2.75, 3.05) is 13.7 Å². The number of ether oxygens (including phenoxy) is 1. The molecule has 0 unspecified atom stereocenters.